The molecule has 1 atom stereocenters. The molecule has 5 heteroatoms. The van der Waals surface area contributed by atoms with Crippen LogP contribution in [0.4, 0.5) is 0 Å². The number of rotatable bonds is 6. The molecule has 0 heterocycles. The first-order chi connectivity index (χ1) is 6.60. The summed E-state index contributed by atoms with van der Waals surface area (Å²) in [5.41, 5.74) is 0. The van der Waals surface area contributed by atoms with Gasteiger partial charge in [0, 0.05) is 13.1 Å². The van der Waals surface area contributed by atoms with Gasteiger partial charge in [-0.1, -0.05) is 6.92 Å². The predicted octanol–water partition coefficient (Wildman–Crippen LogP) is 0.380. The monoisotopic (exact) mass is 218 g/mol. The lowest BCUT2D eigenvalue weighted by Gasteiger charge is -2.10. The first kappa shape index (κ1) is 13.3. The molecule has 0 unspecified atom stereocenters. The van der Waals surface area contributed by atoms with Gasteiger partial charge in [0.05, 0.1) is 11.5 Å². The van der Waals surface area contributed by atoms with E-state index in [4.69, 9.17) is 0 Å². The summed E-state index contributed by atoms with van der Waals surface area (Å²) in [6.45, 7) is 3.98. The summed E-state index contributed by atoms with van der Waals surface area (Å²) in [6, 6.07) is 0.211. The topological polar surface area (TPSA) is 58.2 Å². The summed E-state index contributed by atoms with van der Waals surface area (Å²) in [4.78, 5) is 22.0. The number of carbonyl (C=O) groups excluding carboxylic acids is 2. The summed E-state index contributed by atoms with van der Waals surface area (Å²) in [7, 11) is 1.59. The van der Waals surface area contributed by atoms with E-state index in [1.165, 1.54) is 11.8 Å². The molecule has 82 valence electrons. The summed E-state index contributed by atoms with van der Waals surface area (Å²) < 4.78 is 0. The van der Waals surface area contributed by atoms with Crippen LogP contribution in [0.2, 0.25) is 0 Å². The molecule has 0 aromatic carbocycles. The van der Waals surface area contributed by atoms with Crippen LogP contribution in [0.15, 0.2) is 0 Å². The van der Waals surface area contributed by atoms with Gasteiger partial charge in [-0.2, -0.15) is 0 Å². The van der Waals surface area contributed by atoms with Crippen LogP contribution >= 0.6 is 11.8 Å². The van der Waals surface area contributed by atoms with Gasteiger partial charge >= 0.3 is 0 Å². The maximum absolute atomic E-state index is 11.2. The van der Waals surface area contributed by atoms with Gasteiger partial charge in [0.1, 0.15) is 0 Å². The second-order valence-corrected chi connectivity index (χ2v) is 4.03. The number of hydrogen-bond donors (Lipinski definition) is 2. The number of nitrogens with one attached hydrogen (secondary N) is 2. The SMILES string of the molecule is CC[C@@H](C)NC(=O)CSCC(=O)NC. The Balaban J connectivity index is 3.49. The summed E-state index contributed by atoms with van der Waals surface area (Å²) in [5, 5.41) is 5.33. The fourth-order valence-electron chi connectivity index (χ4n) is 0.727. The maximum Gasteiger partial charge on any atom is 0.230 e. The lowest BCUT2D eigenvalue weighted by Crippen LogP contribution is -2.33. The predicted molar refractivity (Wildman–Crippen MR) is 59.3 cm³/mol. The summed E-state index contributed by atoms with van der Waals surface area (Å²) in [6.07, 6.45) is 0.922. The third kappa shape index (κ3) is 6.77. The van der Waals surface area contributed by atoms with E-state index in [2.05, 4.69) is 10.6 Å². The summed E-state index contributed by atoms with van der Waals surface area (Å²) >= 11 is 1.32. The van der Waals surface area contributed by atoms with Crippen molar-refractivity contribution in [2.75, 3.05) is 18.6 Å². The van der Waals surface area contributed by atoms with Crippen molar-refractivity contribution in [2.24, 2.45) is 0 Å². The van der Waals surface area contributed by atoms with Crippen LogP contribution in [-0.4, -0.2) is 36.4 Å². The number of hydrogen-bond acceptors (Lipinski definition) is 3. The molecule has 0 aliphatic rings. The molecule has 0 saturated heterocycles. The zero-order valence-electron chi connectivity index (χ0n) is 8.92. The van der Waals surface area contributed by atoms with E-state index in [0.717, 1.165) is 6.42 Å². The first-order valence-electron chi connectivity index (χ1n) is 4.67. The highest BCUT2D eigenvalue weighted by molar-refractivity contribution is 8.00. The molecular formula is C9H18N2O2S. The highest BCUT2D eigenvalue weighted by Gasteiger charge is 2.06. The average molecular weight is 218 g/mol. The molecule has 0 spiro atoms. The van der Waals surface area contributed by atoms with Crippen molar-refractivity contribution in [3.63, 3.8) is 0 Å². The van der Waals surface area contributed by atoms with Crippen LogP contribution in [0, 0.1) is 0 Å². The smallest absolute Gasteiger partial charge is 0.230 e. The van der Waals surface area contributed by atoms with Crippen LogP contribution in [0.25, 0.3) is 0 Å². The number of carbonyl (C=O) groups is 2. The molecule has 0 rings (SSSR count). The largest absolute Gasteiger partial charge is 0.358 e. The van der Waals surface area contributed by atoms with Gasteiger partial charge in [-0.25, -0.2) is 0 Å². The van der Waals surface area contributed by atoms with Gasteiger partial charge < -0.3 is 10.6 Å². The second-order valence-electron chi connectivity index (χ2n) is 3.04. The maximum atomic E-state index is 11.2. The Morgan fingerprint density at radius 2 is 1.86 bits per heavy atom. The molecular weight excluding hydrogens is 200 g/mol. The Morgan fingerprint density at radius 3 is 2.36 bits per heavy atom. The lowest BCUT2D eigenvalue weighted by molar-refractivity contribution is -0.119. The Labute approximate surface area is 89.2 Å². The van der Waals surface area contributed by atoms with Crippen molar-refractivity contribution in [3.8, 4) is 0 Å². The Bertz CT molecular complexity index is 197. The molecule has 2 amide bonds. The van der Waals surface area contributed by atoms with E-state index < -0.39 is 0 Å². The zero-order valence-corrected chi connectivity index (χ0v) is 9.74. The number of thioether (sulfide) groups is 1. The van der Waals surface area contributed by atoms with Gasteiger partial charge in [0.2, 0.25) is 11.8 Å². The molecule has 0 aliphatic heterocycles. The standard InChI is InChI=1S/C9H18N2O2S/c1-4-7(2)11-9(13)6-14-5-8(12)10-3/h7H,4-6H2,1-3H3,(H,10,12)(H,11,13)/t7-/m1/s1. The molecule has 0 bridgehead atoms. The van der Waals surface area contributed by atoms with Gasteiger partial charge in [-0.05, 0) is 13.3 Å². The minimum atomic E-state index is -0.0497. The van der Waals surface area contributed by atoms with Crippen molar-refractivity contribution < 1.29 is 9.59 Å². The van der Waals surface area contributed by atoms with Gasteiger partial charge in [0.15, 0.2) is 0 Å². The van der Waals surface area contributed by atoms with E-state index in [1.54, 1.807) is 7.05 Å². The molecule has 0 fully saturated rings. The Kier molecular flexibility index (Phi) is 7.28. The van der Waals surface area contributed by atoms with Gasteiger partial charge in [-0.3, -0.25) is 9.59 Å². The fourth-order valence-corrected chi connectivity index (χ4v) is 1.43. The molecule has 0 aromatic rings. The van der Waals surface area contributed by atoms with E-state index in [1.807, 2.05) is 13.8 Å². The first-order valence-corrected chi connectivity index (χ1v) is 5.83. The van der Waals surface area contributed by atoms with Crippen LogP contribution < -0.4 is 10.6 Å². The average Bonchev–Trinajstić information content (AvgIpc) is 2.17. The van der Waals surface area contributed by atoms with Crippen molar-refractivity contribution in [1.29, 1.82) is 0 Å². The van der Waals surface area contributed by atoms with Gasteiger partial charge in [-0.15, -0.1) is 11.8 Å². The molecule has 0 aliphatic carbocycles. The van der Waals surface area contributed by atoms with Gasteiger partial charge in [0.25, 0.3) is 0 Å². The lowest BCUT2D eigenvalue weighted by atomic mass is 10.3. The van der Waals surface area contributed by atoms with Crippen LogP contribution in [0.3, 0.4) is 0 Å². The molecule has 14 heavy (non-hydrogen) atoms. The molecule has 0 aromatic heterocycles. The third-order valence-corrected chi connectivity index (χ3v) is 2.70. The number of amides is 2. The van der Waals surface area contributed by atoms with Crippen molar-refractivity contribution in [1.82, 2.24) is 10.6 Å². The highest BCUT2D eigenvalue weighted by Crippen LogP contribution is 1.99. The summed E-state index contributed by atoms with van der Waals surface area (Å²) in [5.74, 6) is 0.627. The van der Waals surface area contributed by atoms with Crippen molar-refractivity contribution in [2.45, 2.75) is 26.3 Å². The van der Waals surface area contributed by atoms with E-state index in [-0.39, 0.29) is 17.9 Å². The zero-order chi connectivity index (χ0) is 11.0. The quantitative estimate of drug-likeness (QED) is 0.677. The molecule has 0 radical (unpaired) electrons. The van der Waals surface area contributed by atoms with E-state index in [9.17, 15) is 9.59 Å². The van der Waals surface area contributed by atoms with Crippen LogP contribution in [0.5, 0.6) is 0 Å². The van der Waals surface area contributed by atoms with Crippen LogP contribution in [-0.2, 0) is 9.59 Å². The van der Waals surface area contributed by atoms with Crippen LogP contribution in [0.1, 0.15) is 20.3 Å². The van der Waals surface area contributed by atoms with Crippen molar-refractivity contribution in [3.05, 3.63) is 0 Å². The highest BCUT2D eigenvalue weighted by atomic mass is 32.2. The van der Waals surface area contributed by atoms with E-state index in [0.29, 0.717) is 11.5 Å². The molecule has 4 nitrogen and oxygen atoms in total. The third-order valence-electron chi connectivity index (χ3n) is 1.76. The van der Waals surface area contributed by atoms with Crippen molar-refractivity contribution >= 4 is 23.6 Å². The fraction of sp³-hybridized carbons (Fsp3) is 0.778. The van der Waals surface area contributed by atoms with E-state index >= 15 is 0 Å². The second kappa shape index (κ2) is 7.67. The molecule has 2 N–H and O–H groups in total. The molecule has 0 saturated carbocycles. The normalized spacial score (nSPS) is 11.9. The Morgan fingerprint density at radius 1 is 1.29 bits per heavy atom. The minimum Gasteiger partial charge on any atom is -0.358 e. The Hall–Kier alpha value is -0.710. The minimum absolute atomic E-state index is 0.00625.